The number of halogens is 1. The average Bonchev–Trinajstić information content (AvgIpc) is 2.61. The van der Waals surface area contributed by atoms with Gasteiger partial charge in [-0.25, -0.2) is 9.97 Å². The first-order chi connectivity index (χ1) is 7.88. The van der Waals surface area contributed by atoms with Crippen molar-refractivity contribution in [1.82, 2.24) is 9.97 Å². The predicted octanol–water partition coefficient (Wildman–Crippen LogP) is 0.190. The average molecular weight is 259 g/mol. The maximum atomic E-state index is 12.8. The maximum Gasteiger partial charge on any atom is 0.307 e. The van der Waals surface area contributed by atoms with Crippen LogP contribution in [-0.4, -0.2) is 36.1 Å². The highest BCUT2D eigenvalue weighted by atomic mass is 32.3. The van der Waals surface area contributed by atoms with Crippen LogP contribution in [0.25, 0.3) is 0 Å². The van der Waals surface area contributed by atoms with E-state index >= 15 is 0 Å². The van der Waals surface area contributed by atoms with Gasteiger partial charge in [-0.3, -0.25) is 9.69 Å². The van der Waals surface area contributed by atoms with E-state index < -0.39 is 21.4 Å². The number of anilines is 1. The smallest absolute Gasteiger partial charge is 0.279 e. The first-order valence-electron chi connectivity index (χ1n) is 4.90. The normalized spacial score (nSPS) is 20.9. The molecule has 1 amide bonds. The number of hydrogen-bond donors (Lipinski definition) is 0. The summed E-state index contributed by atoms with van der Waals surface area (Å²) in [6.07, 6.45) is 2.65. The molecular formula is C9H10FN3O3S. The molecule has 0 aliphatic carbocycles. The van der Waals surface area contributed by atoms with Crippen molar-refractivity contribution in [3.8, 4) is 0 Å². The number of hydrogen-bond acceptors (Lipinski definition) is 5. The molecule has 0 spiro atoms. The van der Waals surface area contributed by atoms with Crippen LogP contribution in [0.5, 0.6) is 0 Å². The number of aromatic nitrogens is 2. The molecule has 2 heterocycles. The van der Waals surface area contributed by atoms with E-state index in [1.54, 1.807) is 6.92 Å². The predicted molar refractivity (Wildman–Crippen MR) is 57.6 cm³/mol. The zero-order chi connectivity index (χ0) is 12.6. The summed E-state index contributed by atoms with van der Waals surface area (Å²) in [5, 5.41) is -1.32. The minimum absolute atomic E-state index is 0.103. The standard InChI is InChI=1S/C9H10FN3O3S/c1-6-3-11-9(12-4-6)13-5-7(2-8(13)14)17(10,15)16/h3-4,7H,2,5H2,1H3. The number of carbonyl (C=O) groups is 1. The molecule has 1 aliphatic rings. The van der Waals surface area contributed by atoms with Gasteiger partial charge in [-0.1, -0.05) is 0 Å². The zero-order valence-electron chi connectivity index (χ0n) is 9.00. The highest BCUT2D eigenvalue weighted by Crippen LogP contribution is 2.22. The lowest BCUT2D eigenvalue weighted by molar-refractivity contribution is -0.117. The molecule has 1 atom stereocenters. The molecule has 2 rings (SSSR count). The van der Waals surface area contributed by atoms with Crippen molar-refractivity contribution < 1.29 is 17.1 Å². The fraction of sp³-hybridized carbons (Fsp3) is 0.444. The number of aryl methyl sites for hydroxylation is 1. The molecule has 0 bridgehead atoms. The van der Waals surface area contributed by atoms with E-state index in [4.69, 9.17) is 0 Å². The Hall–Kier alpha value is -1.57. The Morgan fingerprint density at radius 2 is 2.00 bits per heavy atom. The molecule has 1 aromatic heterocycles. The summed E-state index contributed by atoms with van der Waals surface area (Å²) in [4.78, 5) is 20.4. The van der Waals surface area contributed by atoms with Gasteiger partial charge < -0.3 is 0 Å². The van der Waals surface area contributed by atoms with E-state index in [-0.39, 0.29) is 18.9 Å². The topological polar surface area (TPSA) is 80.2 Å². The molecular weight excluding hydrogens is 249 g/mol. The van der Waals surface area contributed by atoms with E-state index in [0.717, 1.165) is 10.5 Å². The fourth-order valence-corrected chi connectivity index (χ4v) is 2.25. The third-order valence-electron chi connectivity index (χ3n) is 2.50. The van der Waals surface area contributed by atoms with Crippen LogP contribution in [0, 0.1) is 6.92 Å². The second kappa shape index (κ2) is 4.02. The first-order valence-corrected chi connectivity index (χ1v) is 6.35. The molecule has 1 aromatic rings. The molecule has 1 unspecified atom stereocenters. The molecule has 8 heteroatoms. The summed E-state index contributed by atoms with van der Waals surface area (Å²) in [7, 11) is -4.70. The Labute approximate surface area is 97.7 Å². The number of rotatable bonds is 2. The lowest BCUT2D eigenvalue weighted by Crippen LogP contribution is -2.28. The Kier molecular flexibility index (Phi) is 2.82. The summed E-state index contributed by atoms with van der Waals surface area (Å²) in [6, 6.07) is 0. The van der Waals surface area contributed by atoms with Crippen LogP contribution in [0.15, 0.2) is 12.4 Å². The van der Waals surface area contributed by atoms with Crippen LogP contribution in [-0.2, 0) is 15.0 Å². The molecule has 0 saturated carbocycles. The van der Waals surface area contributed by atoms with E-state index in [1.807, 2.05) is 0 Å². The first kappa shape index (κ1) is 11.9. The van der Waals surface area contributed by atoms with Crippen LogP contribution < -0.4 is 4.90 Å². The van der Waals surface area contributed by atoms with E-state index in [1.165, 1.54) is 12.4 Å². The van der Waals surface area contributed by atoms with Gasteiger partial charge in [0.25, 0.3) is 0 Å². The van der Waals surface area contributed by atoms with Gasteiger partial charge in [0.05, 0.1) is 0 Å². The summed E-state index contributed by atoms with van der Waals surface area (Å²) in [5.74, 6) is -0.383. The summed E-state index contributed by atoms with van der Waals surface area (Å²) >= 11 is 0. The van der Waals surface area contributed by atoms with Gasteiger partial charge in [-0.05, 0) is 12.5 Å². The van der Waals surface area contributed by atoms with Crippen LogP contribution in [0.2, 0.25) is 0 Å². The molecule has 0 aromatic carbocycles. The molecule has 0 N–H and O–H groups in total. The second-order valence-electron chi connectivity index (χ2n) is 3.87. The van der Waals surface area contributed by atoms with Crippen LogP contribution in [0.1, 0.15) is 12.0 Å². The largest absolute Gasteiger partial charge is 0.307 e. The number of carbonyl (C=O) groups excluding carboxylic acids is 1. The summed E-state index contributed by atoms with van der Waals surface area (Å²) in [5.41, 5.74) is 0.815. The van der Waals surface area contributed by atoms with Crippen molar-refractivity contribution in [3.63, 3.8) is 0 Å². The van der Waals surface area contributed by atoms with Gasteiger partial charge in [0.15, 0.2) is 0 Å². The minimum Gasteiger partial charge on any atom is -0.279 e. The Bertz CT molecular complexity index is 543. The van der Waals surface area contributed by atoms with Crippen LogP contribution >= 0.6 is 0 Å². The molecule has 1 fully saturated rings. The monoisotopic (exact) mass is 259 g/mol. The summed E-state index contributed by atoms with van der Waals surface area (Å²) in [6.45, 7) is 1.55. The molecule has 1 aliphatic heterocycles. The Morgan fingerprint density at radius 1 is 1.41 bits per heavy atom. The quantitative estimate of drug-likeness (QED) is 0.708. The van der Waals surface area contributed by atoms with Crippen molar-refractivity contribution in [2.24, 2.45) is 0 Å². The minimum atomic E-state index is -4.70. The molecule has 6 nitrogen and oxygen atoms in total. The molecule has 1 saturated heterocycles. The fourth-order valence-electron chi connectivity index (χ4n) is 1.58. The number of nitrogens with zero attached hydrogens (tertiary/aromatic N) is 3. The Morgan fingerprint density at radius 3 is 2.47 bits per heavy atom. The third kappa shape index (κ3) is 2.41. The van der Waals surface area contributed by atoms with E-state index in [0.29, 0.717) is 0 Å². The highest BCUT2D eigenvalue weighted by Gasteiger charge is 2.40. The van der Waals surface area contributed by atoms with Crippen molar-refractivity contribution in [2.45, 2.75) is 18.6 Å². The zero-order valence-corrected chi connectivity index (χ0v) is 9.82. The lowest BCUT2D eigenvalue weighted by atomic mass is 10.4. The van der Waals surface area contributed by atoms with Crippen LogP contribution in [0.4, 0.5) is 9.83 Å². The summed E-state index contributed by atoms with van der Waals surface area (Å²) < 4.78 is 34.2. The highest BCUT2D eigenvalue weighted by molar-refractivity contribution is 7.87. The molecule has 17 heavy (non-hydrogen) atoms. The van der Waals surface area contributed by atoms with Crippen molar-refractivity contribution in [3.05, 3.63) is 18.0 Å². The second-order valence-corrected chi connectivity index (χ2v) is 5.48. The number of amides is 1. The Balaban J connectivity index is 2.24. The third-order valence-corrected chi connectivity index (χ3v) is 3.61. The van der Waals surface area contributed by atoms with Crippen molar-refractivity contribution in [1.29, 1.82) is 0 Å². The maximum absolute atomic E-state index is 12.8. The van der Waals surface area contributed by atoms with Crippen molar-refractivity contribution >= 4 is 22.1 Å². The van der Waals surface area contributed by atoms with Gasteiger partial charge in [0.1, 0.15) is 5.25 Å². The van der Waals surface area contributed by atoms with E-state index in [9.17, 15) is 17.1 Å². The molecule has 92 valence electrons. The SMILES string of the molecule is Cc1cnc(N2CC(S(=O)(=O)F)CC2=O)nc1. The lowest BCUT2D eigenvalue weighted by Gasteiger charge is -2.12. The van der Waals surface area contributed by atoms with Gasteiger partial charge in [0.2, 0.25) is 11.9 Å². The van der Waals surface area contributed by atoms with Gasteiger partial charge >= 0.3 is 10.2 Å². The molecule has 0 radical (unpaired) electrons. The van der Waals surface area contributed by atoms with Gasteiger partial charge in [-0.15, -0.1) is 3.89 Å². The van der Waals surface area contributed by atoms with Gasteiger partial charge in [0, 0.05) is 25.4 Å². The van der Waals surface area contributed by atoms with E-state index in [2.05, 4.69) is 9.97 Å². The van der Waals surface area contributed by atoms with Crippen LogP contribution in [0.3, 0.4) is 0 Å². The van der Waals surface area contributed by atoms with Gasteiger partial charge in [-0.2, -0.15) is 8.42 Å². The van der Waals surface area contributed by atoms with Crippen molar-refractivity contribution in [2.75, 3.05) is 11.4 Å².